The topological polar surface area (TPSA) is 75.4 Å². The van der Waals surface area contributed by atoms with E-state index in [0.717, 1.165) is 18.5 Å². The zero-order valence-corrected chi connectivity index (χ0v) is 15.4. The summed E-state index contributed by atoms with van der Waals surface area (Å²) < 4.78 is 14.9. The minimum absolute atomic E-state index is 0.0692. The number of carbonyl (C=O) groups excluding carboxylic acids is 1. The van der Waals surface area contributed by atoms with Gasteiger partial charge in [0, 0.05) is 19.5 Å². The Labute approximate surface area is 157 Å². The van der Waals surface area contributed by atoms with Crippen molar-refractivity contribution in [3.8, 4) is 5.69 Å². The summed E-state index contributed by atoms with van der Waals surface area (Å²) in [6.45, 7) is 3.21. The molecule has 1 aliphatic rings. The molecule has 3 rings (SSSR count). The highest BCUT2D eigenvalue weighted by Crippen LogP contribution is 2.24. The second-order valence-corrected chi connectivity index (χ2v) is 6.94. The van der Waals surface area contributed by atoms with Crippen molar-refractivity contribution >= 4 is 11.9 Å². The SMILES string of the molecule is CCc1c(C(=O)N2CCCC(CCC(=O)O)C2)cnn1-c1ccc(F)cc1. The van der Waals surface area contributed by atoms with E-state index < -0.39 is 5.97 Å². The molecule has 144 valence electrons. The average Bonchev–Trinajstić information content (AvgIpc) is 3.10. The summed E-state index contributed by atoms with van der Waals surface area (Å²) in [6.07, 6.45) is 4.75. The number of likely N-dealkylation sites (tertiary alicyclic amines) is 1. The average molecular weight is 373 g/mol. The molecule has 0 aliphatic carbocycles. The van der Waals surface area contributed by atoms with Gasteiger partial charge >= 0.3 is 5.97 Å². The summed E-state index contributed by atoms with van der Waals surface area (Å²) in [4.78, 5) is 25.7. The van der Waals surface area contributed by atoms with Crippen molar-refractivity contribution in [2.24, 2.45) is 5.92 Å². The lowest BCUT2D eigenvalue weighted by molar-refractivity contribution is -0.137. The van der Waals surface area contributed by atoms with Crippen LogP contribution in [0.25, 0.3) is 5.69 Å². The molecule has 27 heavy (non-hydrogen) atoms. The number of halogens is 1. The van der Waals surface area contributed by atoms with Gasteiger partial charge in [0.15, 0.2) is 0 Å². The Hall–Kier alpha value is -2.70. The van der Waals surface area contributed by atoms with E-state index in [-0.39, 0.29) is 24.1 Å². The summed E-state index contributed by atoms with van der Waals surface area (Å²) in [5.74, 6) is -0.968. The molecule has 1 fully saturated rings. The molecule has 0 spiro atoms. The summed E-state index contributed by atoms with van der Waals surface area (Å²) in [5.41, 5.74) is 2.06. The van der Waals surface area contributed by atoms with Crippen LogP contribution >= 0.6 is 0 Å². The maximum Gasteiger partial charge on any atom is 0.303 e. The van der Waals surface area contributed by atoms with Crippen molar-refractivity contribution in [3.05, 3.63) is 47.5 Å². The molecular weight excluding hydrogens is 349 g/mol. The fourth-order valence-electron chi connectivity index (χ4n) is 3.68. The molecule has 1 aliphatic heterocycles. The van der Waals surface area contributed by atoms with Crippen LogP contribution in [0.4, 0.5) is 4.39 Å². The van der Waals surface area contributed by atoms with Crippen LogP contribution in [-0.4, -0.2) is 44.8 Å². The third-order valence-corrected chi connectivity index (χ3v) is 5.08. The van der Waals surface area contributed by atoms with Gasteiger partial charge in [-0.15, -0.1) is 0 Å². The molecule has 1 saturated heterocycles. The first-order chi connectivity index (χ1) is 13.0. The van der Waals surface area contributed by atoms with Crippen LogP contribution in [0.1, 0.15) is 48.7 Å². The van der Waals surface area contributed by atoms with Gasteiger partial charge in [-0.3, -0.25) is 9.59 Å². The summed E-state index contributed by atoms with van der Waals surface area (Å²) in [5, 5.41) is 13.2. The van der Waals surface area contributed by atoms with Crippen LogP contribution in [0, 0.1) is 11.7 Å². The molecule has 6 nitrogen and oxygen atoms in total. The van der Waals surface area contributed by atoms with E-state index in [0.29, 0.717) is 37.2 Å². The highest BCUT2D eigenvalue weighted by atomic mass is 19.1. The number of piperidine rings is 1. The number of aromatic nitrogens is 2. The second-order valence-electron chi connectivity index (χ2n) is 6.94. The number of amides is 1. The van der Waals surface area contributed by atoms with Gasteiger partial charge in [0.2, 0.25) is 0 Å². The number of carboxylic acids is 1. The molecule has 0 saturated carbocycles. The number of aliphatic carboxylic acids is 1. The number of benzene rings is 1. The maximum absolute atomic E-state index is 13.2. The van der Waals surface area contributed by atoms with E-state index in [1.807, 2.05) is 6.92 Å². The van der Waals surface area contributed by atoms with Crippen molar-refractivity contribution in [2.75, 3.05) is 13.1 Å². The molecule has 2 aromatic rings. The van der Waals surface area contributed by atoms with E-state index >= 15 is 0 Å². The van der Waals surface area contributed by atoms with Crippen molar-refractivity contribution in [1.29, 1.82) is 0 Å². The summed E-state index contributed by atoms with van der Waals surface area (Å²) in [7, 11) is 0. The van der Waals surface area contributed by atoms with E-state index in [4.69, 9.17) is 5.11 Å². The van der Waals surface area contributed by atoms with Gasteiger partial charge in [-0.2, -0.15) is 5.10 Å². The third kappa shape index (κ3) is 4.35. The van der Waals surface area contributed by atoms with Crippen LogP contribution in [0.5, 0.6) is 0 Å². The van der Waals surface area contributed by atoms with Gasteiger partial charge < -0.3 is 10.0 Å². The van der Waals surface area contributed by atoms with E-state index in [2.05, 4.69) is 5.10 Å². The molecule has 1 atom stereocenters. The van der Waals surface area contributed by atoms with Crippen LogP contribution < -0.4 is 0 Å². The first-order valence-corrected chi connectivity index (χ1v) is 9.33. The van der Waals surface area contributed by atoms with Gasteiger partial charge in [-0.25, -0.2) is 9.07 Å². The third-order valence-electron chi connectivity index (χ3n) is 5.08. The largest absolute Gasteiger partial charge is 0.481 e. The van der Waals surface area contributed by atoms with Gasteiger partial charge in [-0.1, -0.05) is 6.92 Å². The van der Waals surface area contributed by atoms with E-state index in [1.165, 1.54) is 12.1 Å². The zero-order valence-electron chi connectivity index (χ0n) is 15.4. The lowest BCUT2D eigenvalue weighted by Crippen LogP contribution is -2.40. The first kappa shape index (κ1) is 19.1. The van der Waals surface area contributed by atoms with Gasteiger partial charge in [-0.05, 0) is 55.9 Å². The molecule has 1 aromatic carbocycles. The van der Waals surface area contributed by atoms with E-state index in [9.17, 15) is 14.0 Å². The Balaban J connectivity index is 1.78. The number of carboxylic acid groups (broad SMARTS) is 1. The lowest BCUT2D eigenvalue weighted by atomic mass is 9.93. The smallest absolute Gasteiger partial charge is 0.303 e. The number of hydrogen-bond donors (Lipinski definition) is 1. The van der Waals surface area contributed by atoms with E-state index in [1.54, 1.807) is 27.9 Å². The van der Waals surface area contributed by atoms with Crippen molar-refractivity contribution in [3.63, 3.8) is 0 Å². The quantitative estimate of drug-likeness (QED) is 0.843. The Bertz CT molecular complexity index is 816. The molecule has 7 heteroatoms. The number of nitrogens with zero attached hydrogens (tertiary/aromatic N) is 3. The van der Waals surface area contributed by atoms with Crippen LogP contribution in [0.3, 0.4) is 0 Å². The van der Waals surface area contributed by atoms with Crippen LogP contribution in [0.2, 0.25) is 0 Å². The normalized spacial score (nSPS) is 17.1. The van der Waals surface area contributed by atoms with Crippen LogP contribution in [0.15, 0.2) is 30.5 Å². The maximum atomic E-state index is 13.2. The highest BCUT2D eigenvalue weighted by Gasteiger charge is 2.27. The van der Waals surface area contributed by atoms with Crippen molar-refractivity contribution in [1.82, 2.24) is 14.7 Å². The molecule has 2 heterocycles. The first-order valence-electron chi connectivity index (χ1n) is 9.33. The lowest BCUT2D eigenvalue weighted by Gasteiger charge is -2.32. The van der Waals surface area contributed by atoms with Gasteiger partial charge in [0.25, 0.3) is 5.91 Å². The molecule has 1 amide bonds. The zero-order chi connectivity index (χ0) is 19.4. The Kier molecular flexibility index (Phi) is 5.88. The predicted molar refractivity (Wildman–Crippen MR) is 98.4 cm³/mol. The standard InChI is InChI=1S/C20H24FN3O3/c1-2-18-17(12-22-24(18)16-8-6-15(21)7-9-16)20(27)23-11-3-4-14(13-23)5-10-19(25)26/h6-9,12,14H,2-5,10-11,13H2,1H3,(H,25,26). The number of rotatable bonds is 6. The monoisotopic (exact) mass is 373 g/mol. The molecule has 1 N–H and O–H groups in total. The van der Waals surface area contributed by atoms with Crippen molar-refractivity contribution in [2.45, 2.75) is 39.0 Å². The minimum Gasteiger partial charge on any atom is -0.481 e. The molecule has 1 aromatic heterocycles. The molecular formula is C20H24FN3O3. The number of carbonyl (C=O) groups is 2. The van der Waals surface area contributed by atoms with Gasteiger partial charge in [0.05, 0.1) is 23.1 Å². The molecule has 1 unspecified atom stereocenters. The highest BCUT2D eigenvalue weighted by molar-refractivity contribution is 5.95. The molecule has 0 radical (unpaired) electrons. The fraction of sp³-hybridized carbons (Fsp3) is 0.450. The number of hydrogen-bond acceptors (Lipinski definition) is 3. The Morgan fingerprint density at radius 1 is 1.30 bits per heavy atom. The summed E-state index contributed by atoms with van der Waals surface area (Å²) >= 11 is 0. The Morgan fingerprint density at radius 3 is 2.70 bits per heavy atom. The fourth-order valence-corrected chi connectivity index (χ4v) is 3.68. The molecule has 0 bridgehead atoms. The van der Waals surface area contributed by atoms with Gasteiger partial charge in [0.1, 0.15) is 5.82 Å². The minimum atomic E-state index is -0.799. The second kappa shape index (κ2) is 8.33. The predicted octanol–water partition coefficient (Wildman–Crippen LogP) is 3.29. The van der Waals surface area contributed by atoms with Crippen molar-refractivity contribution < 1.29 is 19.1 Å². The Morgan fingerprint density at radius 2 is 2.04 bits per heavy atom. The summed E-state index contributed by atoms with van der Waals surface area (Å²) in [6, 6.07) is 6.02. The van der Waals surface area contributed by atoms with Crippen LogP contribution in [-0.2, 0) is 11.2 Å².